The molecular formula is C11H12N2O3. The van der Waals surface area contributed by atoms with Crippen LogP contribution in [-0.2, 0) is 4.79 Å². The van der Waals surface area contributed by atoms with Gasteiger partial charge < -0.3 is 15.5 Å². The maximum absolute atomic E-state index is 12.1. The van der Waals surface area contributed by atoms with Gasteiger partial charge in [-0.1, -0.05) is 12.1 Å². The molecule has 5 heteroatoms. The molecular weight excluding hydrogens is 208 g/mol. The average Bonchev–Trinajstić information content (AvgIpc) is 2.26. The van der Waals surface area contributed by atoms with Crippen molar-refractivity contribution in [3.63, 3.8) is 0 Å². The second-order valence-electron chi connectivity index (χ2n) is 4.06. The summed E-state index contributed by atoms with van der Waals surface area (Å²) in [5.41, 5.74) is -0.736. The lowest BCUT2D eigenvalue weighted by molar-refractivity contribution is -0.817. The number of benzene rings is 1. The fourth-order valence-corrected chi connectivity index (χ4v) is 1.75. The minimum absolute atomic E-state index is 0.297. The first-order valence-electron chi connectivity index (χ1n) is 4.94. The molecule has 2 rings (SSSR count). The molecule has 1 N–H and O–H groups in total. The van der Waals surface area contributed by atoms with Crippen molar-refractivity contribution in [2.75, 3.05) is 0 Å². The smallest absolute Gasteiger partial charge is 0.278 e. The van der Waals surface area contributed by atoms with Crippen LogP contribution in [-0.4, -0.2) is 22.3 Å². The summed E-state index contributed by atoms with van der Waals surface area (Å²) in [4.78, 5) is 11.5. The average molecular weight is 220 g/mol. The van der Waals surface area contributed by atoms with E-state index >= 15 is 0 Å². The largest absolute Gasteiger partial charge is 0.628 e. The molecule has 2 atom stereocenters. The van der Waals surface area contributed by atoms with Crippen LogP contribution in [0.3, 0.4) is 0 Å². The van der Waals surface area contributed by atoms with Crippen LogP contribution in [0.2, 0.25) is 0 Å². The Morgan fingerprint density at radius 2 is 2.06 bits per heavy atom. The third-order valence-electron chi connectivity index (χ3n) is 2.96. The molecule has 0 bridgehead atoms. The van der Waals surface area contributed by atoms with Crippen LogP contribution in [0.4, 0.5) is 11.4 Å². The van der Waals surface area contributed by atoms with Gasteiger partial charge >= 0.3 is 0 Å². The van der Waals surface area contributed by atoms with Gasteiger partial charge in [0.1, 0.15) is 0 Å². The molecule has 1 heterocycles. The molecule has 2 unspecified atom stereocenters. The molecule has 0 spiro atoms. The van der Waals surface area contributed by atoms with Crippen molar-refractivity contribution in [1.29, 1.82) is 0 Å². The van der Waals surface area contributed by atoms with Crippen LogP contribution in [0, 0.1) is 10.4 Å². The zero-order valence-corrected chi connectivity index (χ0v) is 9.06. The number of ketones is 1. The topological polar surface area (TPSA) is 70.6 Å². The summed E-state index contributed by atoms with van der Waals surface area (Å²) < 4.78 is 0.595. The lowest BCUT2D eigenvalue weighted by Crippen LogP contribution is -3.14. The van der Waals surface area contributed by atoms with Gasteiger partial charge in [0.05, 0.1) is 0 Å². The summed E-state index contributed by atoms with van der Waals surface area (Å²) in [7, 11) is 0. The van der Waals surface area contributed by atoms with Gasteiger partial charge in [-0.2, -0.15) is 4.74 Å². The van der Waals surface area contributed by atoms with Gasteiger partial charge in [0.25, 0.3) is 5.69 Å². The van der Waals surface area contributed by atoms with Crippen molar-refractivity contribution in [1.82, 2.24) is 0 Å². The summed E-state index contributed by atoms with van der Waals surface area (Å²) in [6, 6.07) is 6.49. The van der Waals surface area contributed by atoms with Crippen LogP contribution in [0.25, 0.3) is 0 Å². The second kappa shape index (κ2) is 3.40. The molecule has 1 aliphatic rings. The van der Waals surface area contributed by atoms with Crippen LogP contribution in [0.5, 0.6) is 0 Å². The molecule has 0 aliphatic carbocycles. The Labute approximate surface area is 92.8 Å². The van der Waals surface area contributed by atoms with Gasteiger partial charge in [-0.3, -0.25) is 4.79 Å². The van der Waals surface area contributed by atoms with Gasteiger partial charge in [-0.25, -0.2) is 0 Å². The second-order valence-corrected chi connectivity index (χ2v) is 4.06. The monoisotopic (exact) mass is 220 g/mol. The molecule has 1 aliphatic heterocycles. The molecule has 1 aromatic carbocycles. The highest BCUT2D eigenvalue weighted by atomic mass is 16.5. The normalized spacial score (nSPS) is 28.2. The van der Waals surface area contributed by atoms with Crippen LogP contribution in [0.15, 0.2) is 24.3 Å². The SMILES string of the molecule is CC(=O)C1(C)C=[N+]([O-])c2ccccc2[NH+]1[O-]. The number of carbonyl (C=O) groups excluding carboxylic acids is 1. The van der Waals surface area contributed by atoms with Crippen molar-refractivity contribution in [2.45, 2.75) is 19.4 Å². The number of carbonyl (C=O) groups is 1. The standard InChI is InChI=1S/C11H12N2O3/c1-8(14)11(2)7-12(15)9-5-3-4-6-10(9)13(11)16/h3-7,13H,1-2H3. The summed E-state index contributed by atoms with van der Waals surface area (Å²) in [5, 5.41) is 23.5. The van der Waals surface area contributed by atoms with E-state index in [1.54, 1.807) is 24.3 Å². The van der Waals surface area contributed by atoms with Gasteiger partial charge in [0, 0.05) is 26.0 Å². The van der Waals surface area contributed by atoms with E-state index in [0.29, 0.717) is 16.1 Å². The quantitative estimate of drug-likeness (QED) is 0.545. The van der Waals surface area contributed by atoms with Gasteiger partial charge in [-0.15, -0.1) is 0 Å². The van der Waals surface area contributed by atoms with Crippen molar-refractivity contribution < 1.29 is 14.6 Å². The Morgan fingerprint density at radius 3 is 2.69 bits per heavy atom. The number of hydrogen-bond donors (Lipinski definition) is 1. The first-order valence-corrected chi connectivity index (χ1v) is 4.94. The number of para-hydroxylation sites is 2. The zero-order valence-electron chi connectivity index (χ0n) is 9.06. The summed E-state index contributed by atoms with van der Waals surface area (Å²) in [5.74, 6) is -0.326. The van der Waals surface area contributed by atoms with Gasteiger partial charge in [0.2, 0.25) is 23.2 Å². The van der Waals surface area contributed by atoms with Crippen LogP contribution < -0.4 is 5.06 Å². The zero-order chi connectivity index (χ0) is 11.9. The van der Waals surface area contributed by atoms with E-state index in [4.69, 9.17) is 0 Å². The van der Waals surface area contributed by atoms with E-state index in [0.717, 1.165) is 6.21 Å². The van der Waals surface area contributed by atoms with Crippen molar-refractivity contribution in [3.8, 4) is 0 Å². The highest BCUT2D eigenvalue weighted by molar-refractivity contribution is 6.00. The van der Waals surface area contributed by atoms with Crippen molar-refractivity contribution >= 4 is 23.4 Å². The number of fused-ring (bicyclic) bond motifs is 1. The number of quaternary nitrogens is 1. The molecule has 84 valence electrons. The van der Waals surface area contributed by atoms with Crippen molar-refractivity contribution in [3.05, 3.63) is 34.7 Å². The molecule has 0 fully saturated rings. The third kappa shape index (κ3) is 1.33. The third-order valence-corrected chi connectivity index (χ3v) is 2.96. The van der Waals surface area contributed by atoms with Crippen molar-refractivity contribution in [2.24, 2.45) is 0 Å². The number of nitrogens with zero attached hydrogens (tertiary/aromatic N) is 1. The fourth-order valence-electron chi connectivity index (χ4n) is 1.75. The molecule has 0 amide bonds. The number of nitrogens with one attached hydrogen (secondary N) is 1. The van der Waals surface area contributed by atoms with Gasteiger partial charge in [0.15, 0.2) is 0 Å². The van der Waals surface area contributed by atoms with E-state index in [-0.39, 0.29) is 10.8 Å². The Bertz CT molecular complexity index is 484. The highest BCUT2D eigenvalue weighted by Gasteiger charge is 2.45. The molecule has 0 aromatic heterocycles. The Kier molecular flexibility index (Phi) is 2.29. The summed E-state index contributed by atoms with van der Waals surface area (Å²) in [6.45, 7) is 2.79. The first kappa shape index (κ1) is 10.8. The van der Waals surface area contributed by atoms with Crippen LogP contribution >= 0.6 is 0 Å². The predicted octanol–water partition coefficient (Wildman–Crippen LogP) is 0.275. The number of hydroxylamine groups is 1. The summed E-state index contributed by atoms with van der Waals surface area (Å²) in [6.07, 6.45) is 1.14. The Balaban J connectivity index is 2.64. The molecule has 0 radical (unpaired) electrons. The molecule has 0 saturated heterocycles. The Hall–Kier alpha value is -1.72. The predicted molar refractivity (Wildman–Crippen MR) is 58.9 cm³/mol. The lowest BCUT2D eigenvalue weighted by atomic mass is 9.96. The van der Waals surface area contributed by atoms with E-state index in [1.165, 1.54) is 13.8 Å². The van der Waals surface area contributed by atoms with E-state index in [9.17, 15) is 15.2 Å². The maximum Gasteiger partial charge on any atom is 0.278 e. The summed E-state index contributed by atoms with van der Waals surface area (Å²) >= 11 is 0. The molecule has 16 heavy (non-hydrogen) atoms. The maximum atomic E-state index is 12.1. The molecule has 1 aromatic rings. The fraction of sp³-hybridized carbons (Fsp3) is 0.273. The van der Waals surface area contributed by atoms with Crippen LogP contribution in [0.1, 0.15) is 13.8 Å². The molecule has 5 nitrogen and oxygen atoms in total. The number of Topliss-reactive ketones (excluding diaryl/α,β-unsaturated/α-hetero) is 1. The van der Waals surface area contributed by atoms with E-state index < -0.39 is 5.54 Å². The number of hydrogen-bond acceptors (Lipinski definition) is 3. The van der Waals surface area contributed by atoms with Gasteiger partial charge in [-0.05, 0) is 0 Å². The first-order chi connectivity index (χ1) is 7.47. The minimum Gasteiger partial charge on any atom is -0.628 e. The molecule has 0 saturated carbocycles. The van der Waals surface area contributed by atoms with E-state index in [1.807, 2.05) is 0 Å². The van der Waals surface area contributed by atoms with E-state index in [2.05, 4.69) is 0 Å². The Morgan fingerprint density at radius 1 is 1.44 bits per heavy atom. The lowest BCUT2D eigenvalue weighted by Gasteiger charge is -2.37. The minimum atomic E-state index is -1.34. The highest BCUT2D eigenvalue weighted by Crippen LogP contribution is 2.24. The number of rotatable bonds is 1.